The average Bonchev–Trinajstić information content (AvgIpc) is 2.67. The molecule has 0 aliphatic heterocycles. The first-order valence-corrected chi connectivity index (χ1v) is 8.93. The lowest BCUT2D eigenvalue weighted by Crippen LogP contribution is -2.25. The van der Waals surface area contributed by atoms with Crippen molar-refractivity contribution in [1.29, 1.82) is 10.5 Å². The number of unbranched alkanes of at least 4 members (excludes halogenated alkanes) is 1. The van der Waals surface area contributed by atoms with Gasteiger partial charge in [0.15, 0.2) is 11.1 Å². The minimum absolute atomic E-state index is 0.00998. The molecule has 2 unspecified atom stereocenters. The number of hydrogen-bond donors (Lipinski definition) is 0. The van der Waals surface area contributed by atoms with Crippen molar-refractivity contribution in [1.82, 2.24) is 0 Å². The molecule has 0 radical (unpaired) electrons. The van der Waals surface area contributed by atoms with E-state index < -0.39 is 23.0 Å². The Kier molecular flexibility index (Phi) is 11.3. The van der Waals surface area contributed by atoms with E-state index in [0.29, 0.717) is 6.61 Å². The fourth-order valence-electron chi connectivity index (χ4n) is 1.79. The van der Waals surface area contributed by atoms with Gasteiger partial charge in [0.25, 0.3) is 0 Å². The summed E-state index contributed by atoms with van der Waals surface area (Å²) < 4.78 is 9.92. The topological polar surface area (TPSA) is 125 Å². The van der Waals surface area contributed by atoms with Gasteiger partial charge in [0, 0.05) is 12.8 Å². The molecule has 0 heterocycles. The van der Waals surface area contributed by atoms with Crippen LogP contribution in [0.25, 0.3) is 0 Å². The van der Waals surface area contributed by atoms with Crippen LogP contribution in [0, 0.1) is 22.7 Å². The maximum Gasteiger partial charge on any atom is 0.306 e. The normalized spacial score (nSPS) is 15.0. The van der Waals surface area contributed by atoms with Crippen LogP contribution >= 0.6 is 0 Å². The lowest BCUT2D eigenvalue weighted by atomic mass is 9.97. The highest BCUT2D eigenvalue weighted by Crippen LogP contribution is 2.23. The fraction of sp³-hybridized carbons (Fsp3) is 0.684. The maximum absolute atomic E-state index is 11.7. The van der Waals surface area contributed by atoms with Crippen molar-refractivity contribution in [3.05, 3.63) is 12.7 Å². The third kappa shape index (κ3) is 10.8. The van der Waals surface area contributed by atoms with Crippen LogP contribution < -0.4 is 0 Å². The first kappa shape index (κ1) is 24.3. The van der Waals surface area contributed by atoms with Gasteiger partial charge in [-0.25, -0.2) is 0 Å². The molecular formula is C19H28N4O4. The second kappa shape index (κ2) is 12.6. The van der Waals surface area contributed by atoms with Crippen LogP contribution in [-0.2, 0) is 19.1 Å². The number of rotatable bonds is 13. The summed E-state index contributed by atoms with van der Waals surface area (Å²) in [4.78, 5) is 23.2. The molecule has 0 amide bonds. The molecule has 0 fully saturated rings. The number of esters is 2. The summed E-state index contributed by atoms with van der Waals surface area (Å²) >= 11 is 0. The third-order valence-corrected chi connectivity index (χ3v) is 3.73. The van der Waals surface area contributed by atoms with Crippen LogP contribution in [0.1, 0.15) is 59.3 Å². The van der Waals surface area contributed by atoms with Gasteiger partial charge in [-0.15, -0.1) is 0 Å². The molecule has 0 aliphatic rings. The largest absolute Gasteiger partial charge is 0.466 e. The molecule has 0 saturated heterocycles. The zero-order valence-corrected chi connectivity index (χ0v) is 16.4. The molecule has 2 atom stereocenters. The van der Waals surface area contributed by atoms with E-state index in [1.807, 2.05) is 19.1 Å². The Morgan fingerprint density at radius 3 is 1.93 bits per heavy atom. The highest BCUT2D eigenvalue weighted by atomic mass is 16.5. The summed E-state index contributed by atoms with van der Waals surface area (Å²) in [6.07, 6.45) is 3.41. The second-order valence-electron chi connectivity index (χ2n) is 6.52. The highest BCUT2D eigenvalue weighted by molar-refractivity contribution is 5.70. The van der Waals surface area contributed by atoms with Gasteiger partial charge in [-0.2, -0.15) is 20.8 Å². The van der Waals surface area contributed by atoms with Crippen molar-refractivity contribution in [3.63, 3.8) is 0 Å². The summed E-state index contributed by atoms with van der Waals surface area (Å²) in [6.45, 7) is 8.95. The minimum Gasteiger partial charge on any atom is -0.466 e. The minimum atomic E-state index is -1.27. The van der Waals surface area contributed by atoms with E-state index in [0.717, 1.165) is 12.8 Å². The zero-order chi connectivity index (χ0) is 20.8. The van der Waals surface area contributed by atoms with E-state index >= 15 is 0 Å². The maximum atomic E-state index is 11.7. The quantitative estimate of drug-likeness (QED) is 0.209. The summed E-state index contributed by atoms with van der Waals surface area (Å²) in [6, 6.07) is 4.01. The van der Waals surface area contributed by atoms with Crippen molar-refractivity contribution in [2.24, 2.45) is 10.2 Å². The monoisotopic (exact) mass is 376 g/mol. The van der Waals surface area contributed by atoms with Crippen molar-refractivity contribution >= 4 is 11.9 Å². The van der Waals surface area contributed by atoms with Crippen molar-refractivity contribution in [2.75, 3.05) is 13.2 Å². The number of ether oxygens (including phenoxy) is 2. The Bertz CT molecular complexity index is 620. The Morgan fingerprint density at radius 1 is 1.04 bits per heavy atom. The van der Waals surface area contributed by atoms with Gasteiger partial charge in [0.1, 0.15) is 6.61 Å². The molecule has 0 bridgehead atoms. The van der Waals surface area contributed by atoms with E-state index in [-0.39, 0.29) is 32.3 Å². The van der Waals surface area contributed by atoms with E-state index in [4.69, 9.17) is 9.47 Å². The molecule has 27 heavy (non-hydrogen) atoms. The summed E-state index contributed by atoms with van der Waals surface area (Å²) in [5.74, 6) is -0.863. The summed E-state index contributed by atoms with van der Waals surface area (Å²) in [7, 11) is 0. The number of hydrogen-bond acceptors (Lipinski definition) is 8. The molecule has 8 heteroatoms. The molecule has 0 aliphatic carbocycles. The first-order valence-electron chi connectivity index (χ1n) is 8.93. The second-order valence-corrected chi connectivity index (χ2v) is 6.52. The molecule has 0 aromatic heterocycles. The third-order valence-electron chi connectivity index (χ3n) is 3.73. The van der Waals surface area contributed by atoms with E-state index in [1.165, 1.54) is 19.9 Å². The SMILES string of the molecule is C=CCOC(=O)CCC(C)(C#N)N=NC(C)(C#N)CCC(=O)OCCCC. The number of azo groups is 1. The van der Waals surface area contributed by atoms with Gasteiger partial charge in [0.05, 0.1) is 18.7 Å². The standard InChI is InChI=1S/C19H28N4O4/c1-5-7-13-27-17(25)9-11-19(4,15-21)23-22-18(3,14-20)10-8-16(24)26-12-6-2/h6H,2,5,7-13H2,1,3-4H3. The van der Waals surface area contributed by atoms with E-state index in [2.05, 4.69) is 16.8 Å². The molecular weight excluding hydrogens is 348 g/mol. The molecule has 8 nitrogen and oxygen atoms in total. The van der Waals surface area contributed by atoms with Crippen LogP contribution in [0.4, 0.5) is 0 Å². The van der Waals surface area contributed by atoms with Gasteiger partial charge >= 0.3 is 11.9 Å². The van der Waals surface area contributed by atoms with Crippen molar-refractivity contribution in [3.8, 4) is 12.1 Å². The summed E-state index contributed by atoms with van der Waals surface area (Å²) in [5.41, 5.74) is -2.53. The first-order chi connectivity index (χ1) is 12.7. The Hall–Kier alpha value is -2.74. The zero-order valence-electron chi connectivity index (χ0n) is 16.4. The molecule has 0 aromatic carbocycles. The van der Waals surface area contributed by atoms with Crippen molar-refractivity contribution in [2.45, 2.75) is 70.4 Å². The molecule has 148 valence electrons. The van der Waals surface area contributed by atoms with Gasteiger partial charge in [-0.1, -0.05) is 26.0 Å². The number of carbonyl (C=O) groups is 2. The van der Waals surface area contributed by atoms with Gasteiger partial charge in [-0.3, -0.25) is 9.59 Å². The Morgan fingerprint density at radius 2 is 1.52 bits per heavy atom. The van der Waals surface area contributed by atoms with Crippen LogP contribution in [0.15, 0.2) is 22.9 Å². The number of nitrogens with zero attached hydrogens (tertiary/aromatic N) is 4. The van der Waals surface area contributed by atoms with Gasteiger partial charge in [0.2, 0.25) is 0 Å². The number of nitriles is 2. The molecule has 0 spiro atoms. The van der Waals surface area contributed by atoms with Gasteiger partial charge < -0.3 is 9.47 Å². The number of carbonyl (C=O) groups excluding carboxylic acids is 2. The lowest BCUT2D eigenvalue weighted by Gasteiger charge is -2.19. The smallest absolute Gasteiger partial charge is 0.306 e. The van der Waals surface area contributed by atoms with Gasteiger partial charge in [-0.05, 0) is 33.1 Å². The van der Waals surface area contributed by atoms with Crippen LogP contribution in [0.5, 0.6) is 0 Å². The van der Waals surface area contributed by atoms with E-state index in [1.54, 1.807) is 0 Å². The van der Waals surface area contributed by atoms with E-state index in [9.17, 15) is 20.1 Å². The fourth-order valence-corrected chi connectivity index (χ4v) is 1.79. The molecule has 0 aromatic rings. The molecule has 0 rings (SSSR count). The Balaban J connectivity index is 4.76. The highest BCUT2D eigenvalue weighted by Gasteiger charge is 2.29. The van der Waals surface area contributed by atoms with Crippen LogP contribution in [0.3, 0.4) is 0 Å². The van der Waals surface area contributed by atoms with Crippen molar-refractivity contribution < 1.29 is 19.1 Å². The summed E-state index contributed by atoms with van der Waals surface area (Å²) in [5, 5.41) is 26.7. The lowest BCUT2D eigenvalue weighted by molar-refractivity contribution is -0.144. The molecule has 0 N–H and O–H groups in total. The average molecular weight is 376 g/mol. The molecule has 0 saturated carbocycles. The Labute approximate surface area is 160 Å². The van der Waals surface area contributed by atoms with Crippen LogP contribution in [0.2, 0.25) is 0 Å². The predicted molar refractivity (Wildman–Crippen MR) is 98.4 cm³/mol. The predicted octanol–water partition coefficient (Wildman–Crippen LogP) is 3.64. The van der Waals surface area contributed by atoms with Crippen LogP contribution in [-0.4, -0.2) is 36.2 Å².